The molecule has 4 heteroatoms. The van der Waals surface area contributed by atoms with Crippen molar-refractivity contribution < 1.29 is 14.5 Å². The van der Waals surface area contributed by atoms with Crippen molar-refractivity contribution in [3.63, 3.8) is 0 Å². The van der Waals surface area contributed by atoms with E-state index in [0.29, 0.717) is 6.61 Å². The van der Waals surface area contributed by atoms with Crippen molar-refractivity contribution in [2.75, 3.05) is 14.2 Å². The van der Waals surface area contributed by atoms with E-state index in [1.807, 2.05) is 13.0 Å². The molecule has 0 aliphatic heterocycles. The summed E-state index contributed by atoms with van der Waals surface area (Å²) in [5, 5.41) is 0. The third kappa shape index (κ3) is 2.20. The first-order valence-corrected chi connectivity index (χ1v) is 4.38. The summed E-state index contributed by atoms with van der Waals surface area (Å²) in [7, 11) is 3.14. The van der Waals surface area contributed by atoms with Crippen molar-refractivity contribution >= 4 is 11.3 Å². The zero-order chi connectivity index (χ0) is 8.97. The van der Waals surface area contributed by atoms with Gasteiger partial charge in [0.05, 0.1) is 19.1 Å². The Kier molecular flexibility index (Phi) is 3.52. The van der Waals surface area contributed by atoms with Gasteiger partial charge in [0.1, 0.15) is 12.4 Å². The predicted molar refractivity (Wildman–Crippen MR) is 47.4 cm³/mol. The number of rotatable bonds is 4. The second-order valence-corrected chi connectivity index (χ2v) is 3.62. The Morgan fingerprint density at radius 3 is 2.75 bits per heavy atom. The molecular weight excluding hydrogens is 176 g/mol. The number of aryl methyl sites for hydroxylation is 1. The minimum Gasteiger partial charge on any atom is -0.495 e. The SMILES string of the molecule is COOCc1sc(C)cc1OC. The van der Waals surface area contributed by atoms with Crippen molar-refractivity contribution in [1.29, 1.82) is 0 Å². The van der Waals surface area contributed by atoms with Gasteiger partial charge in [0.15, 0.2) is 0 Å². The largest absolute Gasteiger partial charge is 0.495 e. The molecule has 0 amide bonds. The third-order valence-electron chi connectivity index (χ3n) is 1.42. The van der Waals surface area contributed by atoms with Gasteiger partial charge in [0.2, 0.25) is 0 Å². The summed E-state index contributed by atoms with van der Waals surface area (Å²) in [4.78, 5) is 11.6. The molecule has 0 saturated heterocycles. The Balaban J connectivity index is 2.68. The maximum Gasteiger partial charge on any atom is 0.135 e. The van der Waals surface area contributed by atoms with Crippen molar-refractivity contribution in [2.45, 2.75) is 13.5 Å². The van der Waals surface area contributed by atoms with Crippen LogP contribution in [0.15, 0.2) is 6.07 Å². The van der Waals surface area contributed by atoms with Crippen LogP contribution in [0.3, 0.4) is 0 Å². The molecule has 1 rings (SSSR count). The van der Waals surface area contributed by atoms with E-state index in [9.17, 15) is 0 Å². The highest BCUT2D eigenvalue weighted by molar-refractivity contribution is 7.12. The van der Waals surface area contributed by atoms with Crippen LogP contribution in [0.2, 0.25) is 0 Å². The summed E-state index contributed by atoms with van der Waals surface area (Å²) < 4.78 is 5.14. The van der Waals surface area contributed by atoms with E-state index in [4.69, 9.17) is 9.62 Å². The molecule has 0 radical (unpaired) electrons. The summed E-state index contributed by atoms with van der Waals surface area (Å²) >= 11 is 1.65. The van der Waals surface area contributed by atoms with E-state index in [-0.39, 0.29) is 0 Å². The number of hydrogen-bond acceptors (Lipinski definition) is 4. The highest BCUT2D eigenvalue weighted by Crippen LogP contribution is 2.28. The van der Waals surface area contributed by atoms with Gasteiger partial charge >= 0.3 is 0 Å². The topological polar surface area (TPSA) is 27.7 Å². The lowest BCUT2D eigenvalue weighted by molar-refractivity contribution is -0.281. The molecule has 0 aliphatic rings. The summed E-state index contributed by atoms with van der Waals surface area (Å²) in [6, 6.07) is 1.99. The zero-order valence-corrected chi connectivity index (χ0v) is 8.23. The van der Waals surface area contributed by atoms with Crippen LogP contribution in [0.5, 0.6) is 5.75 Å². The van der Waals surface area contributed by atoms with Crippen LogP contribution in [0.25, 0.3) is 0 Å². The highest BCUT2D eigenvalue weighted by Gasteiger charge is 2.06. The summed E-state index contributed by atoms with van der Waals surface area (Å²) in [6.07, 6.45) is 0. The van der Waals surface area contributed by atoms with E-state index in [2.05, 4.69) is 4.89 Å². The van der Waals surface area contributed by atoms with Crippen LogP contribution in [-0.2, 0) is 16.4 Å². The minimum absolute atomic E-state index is 0.443. The van der Waals surface area contributed by atoms with Crippen LogP contribution >= 0.6 is 11.3 Å². The molecule has 68 valence electrons. The molecule has 0 fully saturated rings. The fraction of sp³-hybridized carbons (Fsp3) is 0.500. The molecule has 0 unspecified atom stereocenters. The van der Waals surface area contributed by atoms with Crippen LogP contribution in [0.1, 0.15) is 9.75 Å². The molecule has 1 aromatic rings. The monoisotopic (exact) mass is 188 g/mol. The van der Waals surface area contributed by atoms with Gasteiger partial charge in [0, 0.05) is 4.88 Å². The van der Waals surface area contributed by atoms with E-state index in [1.165, 1.54) is 12.0 Å². The molecule has 0 aliphatic carbocycles. The number of methoxy groups -OCH3 is 1. The predicted octanol–water partition coefficient (Wildman–Crippen LogP) is 2.14. The van der Waals surface area contributed by atoms with Crippen LogP contribution in [-0.4, -0.2) is 14.2 Å². The smallest absolute Gasteiger partial charge is 0.135 e. The van der Waals surface area contributed by atoms with Crippen molar-refractivity contribution in [3.8, 4) is 5.75 Å². The van der Waals surface area contributed by atoms with Crippen molar-refractivity contribution in [1.82, 2.24) is 0 Å². The molecule has 1 heterocycles. The number of hydrogen-bond donors (Lipinski definition) is 0. The van der Waals surface area contributed by atoms with Gasteiger partial charge in [-0.1, -0.05) is 0 Å². The van der Waals surface area contributed by atoms with Gasteiger partial charge in [-0.2, -0.15) is 0 Å². The standard InChI is InChI=1S/C8H12O3S/c1-6-4-7(9-2)8(12-6)5-11-10-3/h4H,5H2,1-3H3. The maximum atomic E-state index is 5.14. The first-order chi connectivity index (χ1) is 5.77. The van der Waals surface area contributed by atoms with Gasteiger partial charge in [0.25, 0.3) is 0 Å². The summed E-state index contributed by atoms with van der Waals surface area (Å²) in [5.41, 5.74) is 0. The average molecular weight is 188 g/mol. The Morgan fingerprint density at radius 2 is 2.17 bits per heavy atom. The summed E-state index contributed by atoms with van der Waals surface area (Å²) in [6.45, 7) is 2.47. The van der Waals surface area contributed by atoms with Crippen molar-refractivity contribution in [2.24, 2.45) is 0 Å². The first-order valence-electron chi connectivity index (χ1n) is 3.57. The second-order valence-electron chi connectivity index (χ2n) is 2.28. The molecule has 0 saturated carbocycles. The summed E-state index contributed by atoms with van der Waals surface area (Å²) in [5.74, 6) is 0.870. The molecule has 3 nitrogen and oxygen atoms in total. The Bertz CT molecular complexity index is 244. The number of thiophene rings is 1. The van der Waals surface area contributed by atoms with E-state index >= 15 is 0 Å². The normalized spacial score (nSPS) is 10.2. The number of ether oxygens (including phenoxy) is 1. The van der Waals surface area contributed by atoms with Crippen LogP contribution in [0, 0.1) is 6.92 Å². The van der Waals surface area contributed by atoms with Gasteiger partial charge < -0.3 is 4.74 Å². The van der Waals surface area contributed by atoms with E-state index in [1.54, 1.807) is 18.4 Å². The molecular formula is C8H12O3S. The molecule has 1 aromatic heterocycles. The van der Waals surface area contributed by atoms with E-state index in [0.717, 1.165) is 10.6 Å². The Morgan fingerprint density at radius 1 is 1.42 bits per heavy atom. The minimum atomic E-state index is 0.443. The zero-order valence-electron chi connectivity index (χ0n) is 7.42. The molecule has 0 atom stereocenters. The maximum absolute atomic E-state index is 5.14. The van der Waals surface area contributed by atoms with Gasteiger partial charge in [-0.05, 0) is 13.0 Å². The second kappa shape index (κ2) is 4.45. The molecule has 12 heavy (non-hydrogen) atoms. The third-order valence-corrected chi connectivity index (χ3v) is 2.43. The fourth-order valence-corrected chi connectivity index (χ4v) is 1.83. The van der Waals surface area contributed by atoms with Crippen molar-refractivity contribution in [3.05, 3.63) is 15.8 Å². The lowest BCUT2D eigenvalue weighted by Gasteiger charge is -2.00. The van der Waals surface area contributed by atoms with E-state index < -0.39 is 0 Å². The van der Waals surface area contributed by atoms with Crippen LogP contribution < -0.4 is 4.74 Å². The fourth-order valence-electron chi connectivity index (χ4n) is 0.925. The lowest BCUT2D eigenvalue weighted by Crippen LogP contribution is -1.91. The first kappa shape index (κ1) is 9.51. The Hall–Kier alpha value is -0.580. The molecule has 0 N–H and O–H groups in total. The lowest BCUT2D eigenvalue weighted by atomic mass is 10.4. The van der Waals surface area contributed by atoms with Crippen LogP contribution in [0.4, 0.5) is 0 Å². The molecule has 0 aromatic carbocycles. The average Bonchev–Trinajstić information content (AvgIpc) is 2.42. The Labute approximate surface area is 75.8 Å². The highest BCUT2D eigenvalue weighted by atomic mass is 32.1. The van der Waals surface area contributed by atoms with Gasteiger partial charge in [-0.25, -0.2) is 9.78 Å². The quantitative estimate of drug-likeness (QED) is 0.535. The molecule has 0 spiro atoms. The van der Waals surface area contributed by atoms with Gasteiger partial charge in [-0.3, -0.25) is 0 Å². The molecule has 0 bridgehead atoms. The van der Waals surface area contributed by atoms with Gasteiger partial charge in [-0.15, -0.1) is 11.3 Å².